The van der Waals surface area contributed by atoms with Gasteiger partial charge in [0.1, 0.15) is 5.78 Å². The van der Waals surface area contributed by atoms with E-state index in [1.807, 2.05) is 0 Å². The third kappa shape index (κ3) is 9.32. The van der Waals surface area contributed by atoms with E-state index in [-0.39, 0.29) is 37.4 Å². The first-order valence-corrected chi connectivity index (χ1v) is 11.0. The van der Waals surface area contributed by atoms with E-state index in [4.69, 9.17) is 5.11 Å². The van der Waals surface area contributed by atoms with Crippen molar-refractivity contribution in [3.63, 3.8) is 0 Å². The molecule has 0 bridgehead atoms. The molecule has 5 nitrogen and oxygen atoms in total. The van der Waals surface area contributed by atoms with Crippen LogP contribution in [0.15, 0.2) is 0 Å². The number of unbranched alkanes of at least 4 members (excludes halogenated alkanes) is 6. The third-order valence-electron chi connectivity index (χ3n) is 5.95. The van der Waals surface area contributed by atoms with E-state index in [0.29, 0.717) is 25.7 Å². The zero-order chi connectivity index (χ0) is 21.9. The number of carboxylic acid groups (broad SMARTS) is 1. The van der Waals surface area contributed by atoms with Crippen LogP contribution >= 0.6 is 0 Å². The van der Waals surface area contributed by atoms with Gasteiger partial charge in [-0.25, -0.2) is 0 Å². The van der Waals surface area contributed by atoms with Crippen molar-refractivity contribution in [1.29, 1.82) is 0 Å². The van der Waals surface area contributed by atoms with E-state index < -0.39 is 36.1 Å². The van der Waals surface area contributed by atoms with Crippen LogP contribution in [0.4, 0.5) is 8.78 Å². The van der Waals surface area contributed by atoms with Gasteiger partial charge in [0.05, 0.1) is 6.10 Å². The SMILES string of the molecule is CCCCC(F)(F)C(=O)CCC1C(O)CC(=O)C1CCCCCCCCC(=O)O. The lowest BCUT2D eigenvalue weighted by Gasteiger charge is -2.22. The Morgan fingerprint density at radius 2 is 1.62 bits per heavy atom. The molecular weight excluding hydrogens is 382 g/mol. The number of Topliss-reactive ketones (excluding diaryl/α,β-unsaturated/α-hetero) is 2. The number of aliphatic hydroxyl groups excluding tert-OH is 1. The molecular formula is C22H36F2O5. The lowest BCUT2D eigenvalue weighted by Crippen LogP contribution is -2.30. The van der Waals surface area contributed by atoms with Gasteiger partial charge in [-0.05, 0) is 31.6 Å². The highest BCUT2D eigenvalue weighted by Crippen LogP contribution is 2.37. The van der Waals surface area contributed by atoms with E-state index in [1.54, 1.807) is 6.92 Å². The first-order valence-electron chi connectivity index (χ1n) is 11.0. The number of hydrogen-bond acceptors (Lipinski definition) is 4. The lowest BCUT2D eigenvalue weighted by atomic mass is 9.85. The molecule has 168 valence electrons. The maximum Gasteiger partial charge on any atom is 0.305 e. The number of alkyl halides is 2. The third-order valence-corrected chi connectivity index (χ3v) is 5.95. The fourth-order valence-electron chi connectivity index (χ4n) is 4.15. The summed E-state index contributed by atoms with van der Waals surface area (Å²) < 4.78 is 27.7. The molecule has 3 unspecified atom stereocenters. The molecule has 3 atom stereocenters. The Labute approximate surface area is 172 Å². The summed E-state index contributed by atoms with van der Waals surface area (Å²) in [4.78, 5) is 34.5. The second-order valence-electron chi connectivity index (χ2n) is 8.33. The van der Waals surface area contributed by atoms with Gasteiger partial charge in [-0.2, -0.15) is 8.78 Å². The second kappa shape index (κ2) is 13.0. The zero-order valence-corrected chi connectivity index (χ0v) is 17.5. The Morgan fingerprint density at radius 3 is 2.24 bits per heavy atom. The molecule has 0 spiro atoms. The van der Waals surface area contributed by atoms with Crippen molar-refractivity contribution >= 4 is 17.5 Å². The van der Waals surface area contributed by atoms with Crippen LogP contribution in [0.2, 0.25) is 0 Å². The normalized spacial score (nSPS) is 22.2. The van der Waals surface area contributed by atoms with Crippen LogP contribution in [0.25, 0.3) is 0 Å². The Bertz CT molecular complexity index is 535. The molecule has 29 heavy (non-hydrogen) atoms. The molecule has 1 aliphatic rings. The van der Waals surface area contributed by atoms with Crippen molar-refractivity contribution < 1.29 is 33.4 Å². The smallest absolute Gasteiger partial charge is 0.305 e. The lowest BCUT2D eigenvalue weighted by molar-refractivity contribution is -0.144. The van der Waals surface area contributed by atoms with Gasteiger partial charge in [-0.1, -0.05) is 45.4 Å². The van der Waals surface area contributed by atoms with E-state index in [0.717, 1.165) is 32.1 Å². The predicted molar refractivity (Wildman–Crippen MR) is 106 cm³/mol. The number of carbonyl (C=O) groups is 3. The Morgan fingerprint density at radius 1 is 1.00 bits per heavy atom. The molecule has 1 fully saturated rings. The molecule has 0 saturated heterocycles. The monoisotopic (exact) mass is 418 g/mol. The number of carbonyl (C=O) groups excluding carboxylic acids is 2. The quantitative estimate of drug-likeness (QED) is 0.347. The number of aliphatic carboxylic acids is 1. The molecule has 0 aromatic carbocycles. The standard InChI is InChI=1S/C22H36F2O5/c1-2-3-14-22(23,24)20(27)13-12-17-16(18(25)15-19(17)26)10-8-6-4-5-7-9-11-21(28)29/h16-17,19,26H,2-15H2,1H3,(H,28,29). The molecule has 1 saturated carbocycles. The number of ketones is 2. The highest BCUT2D eigenvalue weighted by molar-refractivity contribution is 5.86. The molecule has 2 N–H and O–H groups in total. The van der Waals surface area contributed by atoms with Crippen molar-refractivity contribution in [2.24, 2.45) is 11.8 Å². The number of aliphatic hydroxyl groups is 1. The fourth-order valence-corrected chi connectivity index (χ4v) is 4.15. The summed E-state index contributed by atoms with van der Waals surface area (Å²) in [6, 6.07) is 0. The van der Waals surface area contributed by atoms with Gasteiger partial charge in [0, 0.05) is 31.6 Å². The summed E-state index contributed by atoms with van der Waals surface area (Å²) in [6.45, 7) is 1.79. The van der Waals surface area contributed by atoms with Crippen molar-refractivity contribution in [2.75, 3.05) is 0 Å². The summed E-state index contributed by atoms with van der Waals surface area (Å²) in [5, 5.41) is 18.8. The van der Waals surface area contributed by atoms with Gasteiger partial charge in [0.2, 0.25) is 5.78 Å². The van der Waals surface area contributed by atoms with E-state index in [9.17, 15) is 28.3 Å². The van der Waals surface area contributed by atoms with Crippen LogP contribution in [-0.4, -0.2) is 39.8 Å². The number of carboxylic acids is 1. The Kier molecular flexibility index (Phi) is 11.5. The van der Waals surface area contributed by atoms with Crippen molar-refractivity contribution in [3.05, 3.63) is 0 Å². The molecule has 0 amide bonds. The van der Waals surface area contributed by atoms with Crippen LogP contribution < -0.4 is 0 Å². The molecule has 7 heteroatoms. The van der Waals surface area contributed by atoms with E-state index in [2.05, 4.69) is 0 Å². The minimum absolute atomic E-state index is 0.0332. The summed E-state index contributed by atoms with van der Waals surface area (Å²) in [5.41, 5.74) is 0. The van der Waals surface area contributed by atoms with Crippen LogP contribution in [0.5, 0.6) is 0 Å². The van der Waals surface area contributed by atoms with Gasteiger partial charge >= 0.3 is 11.9 Å². The van der Waals surface area contributed by atoms with E-state index in [1.165, 1.54) is 0 Å². The summed E-state index contributed by atoms with van der Waals surface area (Å²) in [5.74, 6) is -5.99. The number of hydrogen-bond donors (Lipinski definition) is 2. The summed E-state index contributed by atoms with van der Waals surface area (Å²) >= 11 is 0. The topological polar surface area (TPSA) is 91.7 Å². The van der Waals surface area contributed by atoms with Crippen LogP contribution in [0.3, 0.4) is 0 Å². The minimum atomic E-state index is -3.32. The van der Waals surface area contributed by atoms with Crippen molar-refractivity contribution in [2.45, 2.75) is 109 Å². The molecule has 0 radical (unpaired) electrons. The van der Waals surface area contributed by atoms with Gasteiger partial charge < -0.3 is 10.2 Å². The van der Waals surface area contributed by atoms with Gasteiger partial charge in [0.15, 0.2) is 0 Å². The second-order valence-corrected chi connectivity index (χ2v) is 8.33. The van der Waals surface area contributed by atoms with Gasteiger partial charge in [-0.3, -0.25) is 14.4 Å². The van der Waals surface area contributed by atoms with Crippen molar-refractivity contribution in [1.82, 2.24) is 0 Å². The molecule has 0 aromatic heterocycles. The maximum absolute atomic E-state index is 13.9. The maximum atomic E-state index is 13.9. The van der Waals surface area contributed by atoms with Gasteiger partial charge in [0.25, 0.3) is 0 Å². The van der Waals surface area contributed by atoms with Crippen molar-refractivity contribution in [3.8, 4) is 0 Å². The zero-order valence-electron chi connectivity index (χ0n) is 17.5. The average molecular weight is 419 g/mol. The highest BCUT2D eigenvalue weighted by Gasteiger charge is 2.43. The highest BCUT2D eigenvalue weighted by atomic mass is 19.3. The van der Waals surface area contributed by atoms with Crippen LogP contribution in [-0.2, 0) is 14.4 Å². The first-order chi connectivity index (χ1) is 13.7. The summed E-state index contributed by atoms with van der Waals surface area (Å²) in [7, 11) is 0. The first kappa shape index (κ1) is 25.7. The Balaban J connectivity index is 2.36. The number of rotatable bonds is 16. The largest absolute Gasteiger partial charge is 0.481 e. The summed E-state index contributed by atoms with van der Waals surface area (Å²) in [6.07, 6.45) is 5.42. The van der Waals surface area contributed by atoms with Crippen LogP contribution in [0, 0.1) is 11.8 Å². The predicted octanol–water partition coefficient (Wildman–Crippen LogP) is 4.93. The molecule has 0 aliphatic heterocycles. The minimum Gasteiger partial charge on any atom is -0.481 e. The fraction of sp³-hybridized carbons (Fsp3) is 0.864. The molecule has 1 rings (SSSR count). The molecule has 1 aliphatic carbocycles. The number of halogens is 2. The molecule has 0 heterocycles. The average Bonchev–Trinajstić information content (AvgIpc) is 2.92. The van der Waals surface area contributed by atoms with Gasteiger partial charge in [-0.15, -0.1) is 0 Å². The Hall–Kier alpha value is -1.37. The van der Waals surface area contributed by atoms with E-state index >= 15 is 0 Å². The molecule has 0 aromatic rings. The van der Waals surface area contributed by atoms with Crippen LogP contribution in [0.1, 0.15) is 96.8 Å².